The van der Waals surface area contributed by atoms with Gasteiger partial charge in [-0.3, -0.25) is 14.6 Å². The Kier molecular flexibility index (Phi) is 8.41. The first kappa shape index (κ1) is 25.6. The van der Waals surface area contributed by atoms with Crippen LogP contribution in [0.25, 0.3) is 11.1 Å². The molecule has 0 aliphatic carbocycles. The summed E-state index contributed by atoms with van der Waals surface area (Å²) < 4.78 is 18.3. The fraction of sp³-hybridized carbons (Fsp3) is 0.280. The van der Waals surface area contributed by atoms with Crippen molar-refractivity contribution < 1.29 is 18.7 Å². The number of nitrogens with one attached hydrogen (secondary N) is 1. The van der Waals surface area contributed by atoms with Crippen LogP contribution in [-0.2, 0) is 16.1 Å². The molecule has 35 heavy (non-hydrogen) atoms. The van der Waals surface area contributed by atoms with Crippen LogP contribution >= 0.6 is 34.5 Å². The molecule has 1 saturated heterocycles. The van der Waals surface area contributed by atoms with Crippen LogP contribution in [0.3, 0.4) is 0 Å². The summed E-state index contributed by atoms with van der Waals surface area (Å²) in [6, 6.07) is 11.3. The maximum Gasteiger partial charge on any atom is 0.341 e. The third-order valence-electron chi connectivity index (χ3n) is 5.86. The summed E-state index contributed by atoms with van der Waals surface area (Å²) in [6.07, 6.45) is 0. The van der Waals surface area contributed by atoms with Gasteiger partial charge in [-0.25, -0.2) is 9.18 Å². The van der Waals surface area contributed by atoms with E-state index in [4.69, 9.17) is 27.9 Å². The molecule has 1 fully saturated rings. The van der Waals surface area contributed by atoms with E-state index in [-0.39, 0.29) is 23.8 Å². The van der Waals surface area contributed by atoms with Gasteiger partial charge in [-0.15, -0.1) is 11.3 Å². The second-order valence-corrected chi connectivity index (χ2v) is 9.85. The normalized spacial score (nSPS) is 14.6. The molecule has 184 valence electrons. The summed E-state index contributed by atoms with van der Waals surface area (Å²) in [4.78, 5) is 29.6. The number of hydrogen-bond acceptors (Lipinski definition) is 6. The predicted molar refractivity (Wildman–Crippen MR) is 138 cm³/mol. The van der Waals surface area contributed by atoms with Gasteiger partial charge in [0.2, 0.25) is 5.91 Å². The third kappa shape index (κ3) is 6.20. The monoisotopic (exact) mass is 535 g/mol. The molecular formula is C25H24Cl2FN3O3S. The number of benzene rings is 2. The van der Waals surface area contributed by atoms with Crippen molar-refractivity contribution in [3.05, 3.63) is 74.8 Å². The molecular weight excluding hydrogens is 512 g/mol. The first-order chi connectivity index (χ1) is 16.9. The topological polar surface area (TPSA) is 61.9 Å². The van der Waals surface area contributed by atoms with Crippen molar-refractivity contribution in [1.82, 2.24) is 9.80 Å². The van der Waals surface area contributed by atoms with E-state index < -0.39 is 5.97 Å². The van der Waals surface area contributed by atoms with Gasteiger partial charge in [-0.2, -0.15) is 0 Å². The van der Waals surface area contributed by atoms with Gasteiger partial charge in [0.25, 0.3) is 0 Å². The molecule has 1 amide bonds. The minimum atomic E-state index is -0.562. The van der Waals surface area contributed by atoms with Gasteiger partial charge in [0, 0.05) is 59.3 Å². The van der Waals surface area contributed by atoms with Crippen molar-refractivity contribution in [2.45, 2.75) is 6.54 Å². The minimum absolute atomic E-state index is 0.199. The Morgan fingerprint density at radius 2 is 1.66 bits per heavy atom. The number of anilines is 1. The summed E-state index contributed by atoms with van der Waals surface area (Å²) in [5.74, 6) is -1.15. The largest absolute Gasteiger partial charge is 0.465 e. The Labute approximate surface area is 217 Å². The van der Waals surface area contributed by atoms with Crippen molar-refractivity contribution in [2.75, 3.05) is 45.2 Å². The van der Waals surface area contributed by atoms with E-state index in [1.54, 1.807) is 17.5 Å². The van der Waals surface area contributed by atoms with Crippen LogP contribution in [0.2, 0.25) is 10.0 Å². The highest BCUT2D eigenvalue weighted by Crippen LogP contribution is 2.36. The van der Waals surface area contributed by atoms with Crippen LogP contribution in [0.15, 0.2) is 47.8 Å². The SMILES string of the molecule is COC(=O)c1c(-c2ccc(F)cc2)csc1NC(=O)CN1CCN(Cc2c(Cl)cccc2Cl)CC1. The second-order valence-electron chi connectivity index (χ2n) is 8.15. The number of thiophene rings is 1. The molecule has 10 heteroatoms. The Hall–Kier alpha value is -2.49. The average molecular weight is 536 g/mol. The zero-order valence-corrected chi connectivity index (χ0v) is 21.4. The number of nitrogens with zero attached hydrogens (tertiary/aromatic N) is 2. The maximum absolute atomic E-state index is 13.3. The van der Waals surface area contributed by atoms with Crippen LogP contribution < -0.4 is 5.32 Å². The highest BCUT2D eigenvalue weighted by atomic mass is 35.5. The highest BCUT2D eigenvalue weighted by molar-refractivity contribution is 7.15. The van der Waals surface area contributed by atoms with Gasteiger partial charge >= 0.3 is 5.97 Å². The van der Waals surface area contributed by atoms with Gasteiger partial charge in [0.05, 0.1) is 13.7 Å². The highest BCUT2D eigenvalue weighted by Gasteiger charge is 2.24. The molecule has 0 unspecified atom stereocenters. The predicted octanol–water partition coefficient (Wildman–Crippen LogP) is 5.40. The molecule has 1 aliphatic rings. The summed E-state index contributed by atoms with van der Waals surface area (Å²) in [5.41, 5.74) is 2.42. The van der Waals surface area contributed by atoms with Crippen molar-refractivity contribution in [3.8, 4) is 11.1 Å². The molecule has 0 radical (unpaired) electrons. The van der Waals surface area contributed by atoms with Crippen LogP contribution in [-0.4, -0.2) is 61.5 Å². The number of methoxy groups -OCH3 is 1. The minimum Gasteiger partial charge on any atom is -0.465 e. The van der Waals surface area contributed by atoms with Gasteiger partial charge in [-0.05, 0) is 29.8 Å². The summed E-state index contributed by atoms with van der Waals surface area (Å²) in [6.45, 7) is 3.83. The van der Waals surface area contributed by atoms with E-state index in [0.717, 1.165) is 18.7 Å². The standard InChI is InChI=1S/C25H24Cl2FN3O3S/c1-34-25(33)23-19(16-5-7-17(28)8-6-16)15-35-24(23)29-22(32)14-31-11-9-30(10-12-31)13-18-20(26)3-2-4-21(18)27/h2-8,15H,9-14H2,1H3,(H,29,32). The number of rotatable bonds is 7. The van der Waals surface area contributed by atoms with Gasteiger partial charge in [0.1, 0.15) is 16.4 Å². The molecule has 1 aliphatic heterocycles. The first-order valence-corrected chi connectivity index (χ1v) is 12.6. The number of carbonyl (C=O) groups is 2. The van der Waals surface area contributed by atoms with E-state index in [0.29, 0.717) is 45.8 Å². The molecule has 1 N–H and O–H groups in total. The molecule has 0 spiro atoms. The molecule has 1 aromatic heterocycles. The lowest BCUT2D eigenvalue weighted by atomic mass is 10.0. The zero-order chi connectivity index (χ0) is 24.9. The lowest BCUT2D eigenvalue weighted by Gasteiger charge is -2.34. The van der Waals surface area contributed by atoms with E-state index in [1.165, 1.54) is 30.6 Å². The van der Waals surface area contributed by atoms with E-state index in [1.807, 2.05) is 18.2 Å². The fourth-order valence-corrected chi connectivity index (χ4v) is 5.47. The Morgan fingerprint density at radius 1 is 1.03 bits per heavy atom. The van der Waals surface area contributed by atoms with Crippen molar-refractivity contribution in [3.63, 3.8) is 0 Å². The molecule has 2 aromatic carbocycles. The van der Waals surface area contributed by atoms with Crippen LogP contribution in [0.4, 0.5) is 9.39 Å². The van der Waals surface area contributed by atoms with E-state index >= 15 is 0 Å². The van der Waals surface area contributed by atoms with Crippen LogP contribution in [0, 0.1) is 5.82 Å². The second kappa shape index (κ2) is 11.5. The van der Waals surface area contributed by atoms with Crippen LogP contribution in [0.1, 0.15) is 15.9 Å². The molecule has 0 saturated carbocycles. The average Bonchev–Trinajstić information content (AvgIpc) is 3.25. The van der Waals surface area contributed by atoms with Gasteiger partial charge in [-0.1, -0.05) is 41.4 Å². The van der Waals surface area contributed by atoms with E-state index in [2.05, 4.69) is 15.1 Å². The van der Waals surface area contributed by atoms with Crippen molar-refractivity contribution in [2.24, 2.45) is 0 Å². The van der Waals surface area contributed by atoms with Crippen molar-refractivity contribution >= 4 is 51.4 Å². The van der Waals surface area contributed by atoms with Crippen LogP contribution in [0.5, 0.6) is 0 Å². The zero-order valence-electron chi connectivity index (χ0n) is 19.0. The number of hydrogen-bond donors (Lipinski definition) is 1. The number of ether oxygens (including phenoxy) is 1. The Morgan fingerprint density at radius 3 is 2.29 bits per heavy atom. The van der Waals surface area contributed by atoms with Gasteiger partial charge in [0.15, 0.2) is 0 Å². The Bertz CT molecular complexity index is 1190. The summed E-state index contributed by atoms with van der Waals surface area (Å²) >= 11 is 13.8. The smallest absolute Gasteiger partial charge is 0.341 e. The molecule has 0 bridgehead atoms. The number of carbonyl (C=O) groups excluding carboxylic acids is 2. The van der Waals surface area contributed by atoms with Gasteiger partial charge < -0.3 is 10.1 Å². The molecule has 4 rings (SSSR count). The molecule has 3 aromatic rings. The fourth-order valence-electron chi connectivity index (χ4n) is 3.98. The quantitative estimate of drug-likeness (QED) is 0.410. The lowest BCUT2D eigenvalue weighted by molar-refractivity contribution is -0.117. The summed E-state index contributed by atoms with van der Waals surface area (Å²) in [5, 5.41) is 6.32. The number of halogens is 3. The molecule has 6 nitrogen and oxygen atoms in total. The molecule has 0 atom stereocenters. The Balaban J connectivity index is 1.37. The number of esters is 1. The first-order valence-electron chi connectivity index (χ1n) is 11.0. The number of piperazine rings is 1. The maximum atomic E-state index is 13.3. The third-order valence-corrected chi connectivity index (χ3v) is 7.47. The lowest BCUT2D eigenvalue weighted by Crippen LogP contribution is -2.48. The molecule has 2 heterocycles. The number of amides is 1. The van der Waals surface area contributed by atoms with E-state index in [9.17, 15) is 14.0 Å². The van der Waals surface area contributed by atoms with Crippen molar-refractivity contribution in [1.29, 1.82) is 0 Å². The summed E-state index contributed by atoms with van der Waals surface area (Å²) in [7, 11) is 1.29.